The van der Waals surface area contributed by atoms with Gasteiger partial charge < -0.3 is 29.8 Å². The third-order valence-corrected chi connectivity index (χ3v) is 5.06. The van der Waals surface area contributed by atoms with E-state index in [2.05, 4.69) is 20.3 Å². The first-order valence-electron chi connectivity index (χ1n) is 9.31. The summed E-state index contributed by atoms with van der Waals surface area (Å²) in [6.45, 7) is 1.58. The number of fused-ring (bicyclic) bond motifs is 1. The van der Waals surface area contributed by atoms with Crippen LogP contribution < -0.4 is 19.7 Å². The van der Waals surface area contributed by atoms with E-state index in [-0.39, 0.29) is 5.82 Å². The van der Waals surface area contributed by atoms with Gasteiger partial charge in [-0.2, -0.15) is 0 Å². The van der Waals surface area contributed by atoms with Gasteiger partial charge in [0.05, 0.1) is 14.2 Å². The first kappa shape index (κ1) is 18.8. The highest BCUT2D eigenvalue weighted by Gasteiger charge is 2.23. The quantitative estimate of drug-likeness (QED) is 0.499. The topological polar surface area (TPSA) is 107 Å². The largest absolute Gasteiger partial charge is 0.497 e. The number of hydrogen-bond acceptors (Lipinski definition) is 8. The lowest BCUT2D eigenvalue weighted by Crippen LogP contribution is -2.39. The van der Waals surface area contributed by atoms with Crippen LogP contribution in [0.5, 0.6) is 11.5 Å². The van der Waals surface area contributed by atoms with Crippen LogP contribution in [0.15, 0.2) is 36.5 Å². The van der Waals surface area contributed by atoms with Crippen molar-refractivity contribution in [1.29, 1.82) is 0 Å². The summed E-state index contributed by atoms with van der Waals surface area (Å²) < 4.78 is 11.9. The van der Waals surface area contributed by atoms with Crippen molar-refractivity contribution < 1.29 is 14.4 Å². The lowest BCUT2D eigenvalue weighted by atomic mass is 10.0. The fourth-order valence-corrected chi connectivity index (χ4v) is 3.52. The second-order valence-electron chi connectivity index (χ2n) is 6.84. The Morgan fingerprint density at radius 3 is 2.45 bits per heavy atom. The van der Waals surface area contributed by atoms with E-state index in [9.17, 15) is 10.1 Å². The molecule has 29 heavy (non-hydrogen) atoms. The van der Waals surface area contributed by atoms with Gasteiger partial charge in [0.1, 0.15) is 17.7 Å². The van der Waals surface area contributed by atoms with Crippen molar-refractivity contribution in [1.82, 2.24) is 14.6 Å². The number of benzene rings is 1. The summed E-state index contributed by atoms with van der Waals surface area (Å²) in [6.07, 6.45) is 3.04. The molecule has 4 rings (SSSR count). The molecule has 152 valence electrons. The molecule has 0 bridgehead atoms. The Kier molecular flexibility index (Phi) is 5.07. The van der Waals surface area contributed by atoms with Gasteiger partial charge in [-0.1, -0.05) is 9.61 Å². The summed E-state index contributed by atoms with van der Waals surface area (Å²) in [5, 5.41) is 19.1. The SMILES string of the molecule is COc1cc(NC2CCN(c3ccc4ncc([N+](=O)[O-])n4n3)CC2)cc(OC)c1. The lowest BCUT2D eigenvalue weighted by molar-refractivity contribution is -0.391. The number of nitrogens with one attached hydrogen (secondary N) is 1. The van der Waals surface area contributed by atoms with E-state index >= 15 is 0 Å². The molecule has 0 spiro atoms. The fourth-order valence-electron chi connectivity index (χ4n) is 3.52. The zero-order valence-electron chi connectivity index (χ0n) is 16.2. The zero-order chi connectivity index (χ0) is 20.4. The molecular formula is C19H22N6O4. The minimum absolute atomic E-state index is 0.134. The molecule has 10 nitrogen and oxygen atoms in total. The van der Waals surface area contributed by atoms with Crippen molar-refractivity contribution in [2.75, 3.05) is 37.5 Å². The molecular weight excluding hydrogens is 376 g/mol. The monoisotopic (exact) mass is 398 g/mol. The first-order valence-corrected chi connectivity index (χ1v) is 9.31. The van der Waals surface area contributed by atoms with E-state index in [1.807, 2.05) is 24.3 Å². The minimum Gasteiger partial charge on any atom is -0.497 e. The number of aromatic nitrogens is 3. The van der Waals surface area contributed by atoms with Crippen molar-refractivity contribution in [2.45, 2.75) is 18.9 Å². The first-order chi connectivity index (χ1) is 14.1. The summed E-state index contributed by atoms with van der Waals surface area (Å²) in [6, 6.07) is 9.64. The number of ether oxygens (including phenoxy) is 2. The van der Waals surface area contributed by atoms with Crippen LogP contribution in [-0.4, -0.2) is 52.9 Å². The van der Waals surface area contributed by atoms with Crippen LogP contribution in [0.4, 0.5) is 17.3 Å². The van der Waals surface area contributed by atoms with E-state index < -0.39 is 4.92 Å². The molecule has 1 aliphatic heterocycles. The van der Waals surface area contributed by atoms with E-state index in [1.165, 1.54) is 10.7 Å². The second-order valence-corrected chi connectivity index (χ2v) is 6.84. The van der Waals surface area contributed by atoms with Crippen molar-refractivity contribution in [3.63, 3.8) is 0 Å². The second kappa shape index (κ2) is 7.82. The molecule has 2 aromatic heterocycles. The number of rotatable bonds is 6. The molecule has 3 heterocycles. The molecule has 1 aromatic carbocycles. The average molecular weight is 398 g/mol. The predicted molar refractivity (Wildman–Crippen MR) is 108 cm³/mol. The maximum Gasteiger partial charge on any atom is 0.368 e. The molecule has 10 heteroatoms. The molecule has 0 saturated carbocycles. The van der Waals surface area contributed by atoms with Crippen molar-refractivity contribution >= 4 is 23.0 Å². The van der Waals surface area contributed by atoms with Crippen molar-refractivity contribution in [2.24, 2.45) is 0 Å². The third-order valence-electron chi connectivity index (χ3n) is 5.06. The molecule has 3 aromatic rings. The van der Waals surface area contributed by atoms with Gasteiger partial charge in [0.15, 0.2) is 5.82 Å². The van der Waals surface area contributed by atoms with Gasteiger partial charge in [-0.05, 0) is 23.8 Å². The van der Waals surface area contributed by atoms with Crippen molar-refractivity contribution in [3.05, 3.63) is 46.6 Å². The van der Waals surface area contributed by atoms with Gasteiger partial charge in [-0.3, -0.25) is 0 Å². The Balaban J connectivity index is 1.44. The van der Waals surface area contributed by atoms with Crippen molar-refractivity contribution in [3.8, 4) is 11.5 Å². The predicted octanol–water partition coefficient (Wildman–Crippen LogP) is 2.74. The molecule has 0 atom stereocenters. The van der Waals surface area contributed by atoms with Crippen LogP contribution in [0, 0.1) is 10.1 Å². The maximum atomic E-state index is 11.1. The molecule has 1 fully saturated rings. The average Bonchev–Trinajstić information content (AvgIpc) is 3.17. The van der Waals surface area contributed by atoms with Gasteiger partial charge in [-0.15, -0.1) is 0 Å². The summed E-state index contributed by atoms with van der Waals surface area (Å²) in [5.41, 5.74) is 1.41. The number of methoxy groups -OCH3 is 2. The molecule has 0 amide bonds. The Morgan fingerprint density at radius 2 is 1.83 bits per heavy atom. The van der Waals surface area contributed by atoms with Crippen LogP contribution in [0.2, 0.25) is 0 Å². The van der Waals surface area contributed by atoms with Gasteiger partial charge in [0.25, 0.3) is 0 Å². The highest BCUT2D eigenvalue weighted by molar-refractivity contribution is 5.55. The number of hydrogen-bond donors (Lipinski definition) is 1. The number of nitro groups is 1. The van der Waals surface area contributed by atoms with Gasteiger partial charge in [0, 0.05) is 49.1 Å². The Hall–Kier alpha value is -3.56. The van der Waals surface area contributed by atoms with E-state index in [0.29, 0.717) is 17.5 Å². The Morgan fingerprint density at radius 1 is 1.14 bits per heavy atom. The Bertz CT molecular complexity index is 1010. The zero-order valence-corrected chi connectivity index (χ0v) is 16.2. The standard InChI is InChI=1S/C19H22N6O4/c1-28-15-9-14(10-16(11-15)29-2)21-13-5-7-23(8-6-13)18-4-3-17-20-12-19(25(26)27)24(17)22-18/h3-4,9-13,21H,5-8H2,1-2H3. The molecule has 1 saturated heterocycles. The van der Waals surface area contributed by atoms with Crippen LogP contribution in [0.3, 0.4) is 0 Å². The summed E-state index contributed by atoms with van der Waals surface area (Å²) >= 11 is 0. The summed E-state index contributed by atoms with van der Waals surface area (Å²) in [4.78, 5) is 16.8. The number of anilines is 2. The van der Waals surface area contributed by atoms with Crippen LogP contribution in [0.1, 0.15) is 12.8 Å². The molecule has 1 N–H and O–H groups in total. The van der Waals surface area contributed by atoms with Gasteiger partial charge in [-0.25, -0.2) is 4.98 Å². The summed E-state index contributed by atoms with van der Waals surface area (Å²) in [5.74, 6) is 2.05. The number of nitrogens with zero attached hydrogens (tertiary/aromatic N) is 5. The van der Waals surface area contributed by atoms with Gasteiger partial charge in [0.2, 0.25) is 5.65 Å². The van der Waals surface area contributed by atoms with Crippen LogP contribution in [0.25, 0.3) is 5.65 Å². The number of imidazole rings is 1. The van der Waals surface area contributed by atoms with E-state index in [4.69, 9.17) is 9.47 Å². The molecule has 1 aliphatic rings. The highest BCUT2D eigenvalue weighted by atomic mass is 16.6. The van der Waals surface area contributed by atoms with Crippen LogP contribution >= 0.6 is 0 Å². The lowest BCUT2D eigenvalue weighted by Gasteiger charge is -2.33. The van der Waals surface area contributed by atoms with Crippen LogP contribution in [-0.2, 0) is 0 Å². The molecule has 0 radical (unpaired) electrons. The molecule has 0 aliphatic carbocycles. The smallest absolute Gasteiger partial charge is 0.368 e. The van der Waals surface area contributed by atoms with E-state index in [1.54, 1.807) is 20.3 Å². The third kappa shape index (κ3) is 3.86. The maximum absolute atomic E-state index is 11.1. The van der Waals surface area contributed by atoms with E-state index in [0.717, 1.165) is 43.1 Å². The number of piperidine rings is 1. The minimum atomic E-state index is -0.477. The Labute approximate surface area is 167 Å². The molecule has 0 unspecified atom stereocenters. The summed E-state index contributed by atoms with van der Waals surface area (Å²) in [7, 11) is 3.26. The fraction of sp³-hybridized carbons (Fsp3) is 0.368. The highest BCUT2D eigenvalue weighted by Crippen LogP contribution is 2.28. The normalized spacial score (nSPS) is 14.8. The van der Waals surface area contributed by atoms with Gasteiger partial charge >= 0.3 is 5.82 Å².